The molecule has 0 aliphatic heterocycles. The third kappa shape index (κ3) is 6.17. The highest BCUT2D eigenvalue weighted by Crippen LogP contribution is 2.08. The van der Waals surface area contributed by atoms with E-state index in [1.165, 1.54) is 12.1 Å². The fourth-order valence-electron chi connectivity index (χ4n) is 1.55. The summed E-state index contributed by atoms with van der Waals surface area (Å²) in [6.45, 7) is 4.10. The minimum Gasteiger partial charge on any atom is -0.316 e. The lowest BCUT2D eigenvalue weighted by Gasteiger charge is -1.99. The van der Waals surface area contributed by atoms with Crippen LogP contribution in [0.1, 0.15) is 25.3 Å². The highest BCUT2D eigenvalue weighted by Gasteiger charge is 1.98. The molecule has 0 aliphatic carbocycles. The molecule has 94 valence electrons. The minimum atomic E-state index is -0.516. The Morgan fingerprint density at radius 2 is 1.76 bits per heavy atom. The van der Waals surface area contributed by atoms with Crippen molar-refractivity contribution in [2.45, 2.75) is 26.2 Å². The number of allylic oxidation sites excluding steroid dienone is 1. The van der Waals surface area contributed by atoms with Gasteiger partial charge in [-0.25, -0.2) is 8.78 Å². The van der Waals surface area contributed by atoms with E-state index in [0.717, 1.165) is 32.0 Å². The molecule has 1 nitrogen and oxygen atoms in total. The SMILES string of the molecule is CCCNCC/C=C/Cc1cc(F)cc(F)c1. The van der Waals surface area contributed by atoms with Crippen LogP contribution in [0.2, 0.25) is 0 Å². The van der Waals surface area contributed by atoms with E-state index in [4.69, 9.17) is 0 Å². The van der Waals surface area contributed by atoms with Gasteiger partial charge in [-0.3, -0.25) is 0 Å². The molecule has 0 heterocycles. The summed E-state index contributed by atoms with van der Waals surface area (Å²) in [4.78, 5) is 0. The van der Waals surface area contributed by atoms with Gasteiger partial charge in [-0.05, 0) is 50.0 Å². The van der Waals surface area contributed by atoms with E-state index in [1.807, 2.05) is 12.2 Å². The standard InChI is InChI=1S/C14H19F2N/c1-2-7-17-8-5-3-4-6-12-9-13(15)11-14(16)10-12/h3-4,9-11,17H,2,5-8H2,1H3/b4-3+. The summed E-state index contributed by atoms with van der Waals surface area (Å²) in [5.74, 6) is -1.03. The predicted molar refractivity (Wildman–Crippen MR) is 67.0 cm³/mol. The zero-order valence-electron chi connectivity index (χ0n) is 10.2. The molecule has 1 rings (SSSR count). The monoisotopic (exact) mass is 239 g/mol. The number of hydrogen-bond acceptors (Lipinski definition) is 1. The lowest BCUT2D eigenvalue weighted by Crippen LogP contribution is -2.14. The molecule has 1 aromatic carbocycles. The molecule has 0 aromatic heterocycles. The smallest absolute Gasteiger partial charge is 0.126 e. The first-order chi connectivity index (χ1) is 8.22. The van der Waals surface area contributed by atoms with Crippen molar-refractivity contribution in [1.29, 1.82) is 0 Å². The largest absolute Gasteiger partial charge is 0.316 e. The van der Waals surface area contributed by atoms with Crippen LogP contribution in [0.4, 0.5) is 8.78 Å². The molecule has 0 bridgehead atoms. The molecule has 0 aliphatic rings. The van der Waals surface area contributed by atoms with Gasteiger partial charge in [0, 0.05) is 6.07 Å². The molecule has 0 atom stereocenters. The molecule has 0 amide bonds. The summed E-state index contributed by atoms with van der Waals surface area (Å²) >= 11 is 0. The molecule has 0 unspecified atom stereocenters. The third-order valence-electron chi connectivity index (χ3n) is 2.36. The van der Waals surface area contributed by atoms with Crippen LogP contribution in [0.3, 0.4) is 0 Å². The third-order valence-corrected chi connectivity index (χ3v) is 2.36. The first-order valence-corrected chi connectivity index (χ1v) is 6.03. The number of rotatable bonds is 7. The van der Waals surface area contributed by atoms with Crippen LogP contribution in [-0.4, -0.2) is 13.1 Å². The van der Waals surface area contributed by atoms with E-state index < -0.39 is 11.6 Å². The Bertz CT molecular complexity index is 341. The molecule has 3 heteroatoms. The molecule has 0 spiro atoms. The molecule has 0 fully saturated rings. The lowest BCUT2D eigenvalue weighted by atomic mass is 10.1. The van der Waals surface area contributed by atoms with Crippen molar-refractivity contribution >= 4 is 0 Å². The number of halogens is 2. The van der Waals surface area contributed by atoms with Gasteiger partial charge in [0.25, 0.3) is 0 Å². The Hall–Kier alpha value is -1.22. The maximum Gasteiger partial charge on any atom is 0.126 e. The summed E-state index contributed by atoms with van der Waals surface area (Å²) < 4.78 is 25.7. The van der Waals surface area contributed by atoms with Gasteiger partial charge >= 0.3 is 0 Å². The minimum absolute atomic E-state index is 0.516. The summed E-state index contributed by atoms with van der Waals surface area (Å²) in [7, 11) is 0. The molecule has 0 saturated heterocycles. The second-order valence-electron chi connectivity index (χ2n) is 3.99. The maximum absolute atomic E-state index is 12.9. The molecular formula is C14H19F2N. The lowest BCUT2D eigenvalue weighted by molar-refractivity contribution is 0.580. The summed E-state index contributed by atoms with van der Waals surface area (Å²) in [6, 6.07) is 3.62. The molecule has 0 saturated carbocycles. The number of hydrogen-bond donors (Lipinski definition) is 1. The van der Waals surface area contributed by atoms with E-state index in [2.05, 4.69) is 12.2 Å². The van der Waals surface area contributed by atoms with Gasteiger partial charge in [-0.1, -0.05) is 19.1 Å². The van der Waals surface area contributed by atoms with E-state index in [9.17, 15) is 8.78 Å². The normalized spacial score (nSPS) is 11.2. The Morgan fingerprint density at radius 1 is 1.06 bits per heavy atom. The van der Waals surface area contributed by atoms with Crippen molar-refractivity contribution < 1.29 is 8.78 Å². The molecule has 1 N–H and O–H groups in total. The summed E-state index contributed by atoms with van der Waals surface area (Å²) in [6.07, 6.45) is 6.62. The predicted octanol–water partition coefficient (Wildman–Crippen LogP) is 3.45. The van der Waals surface area contributed by atoms with Gasteiger partial charge in [-0.15, -0.1) is 0 Å². The first-order valence-electron chi connectivity index (χ1n) is 6.03. The summed E-state index contributed by atoms with van der Waals surface area (Å²) in [5.41, 5.74) is 0.667. The van der Waals surface area contributed by atoms with E-state index in [-0.39, 0.29) is 0 Å². The van der Waals surface area contributed by atoms with Crippen LogP contribution in [0.5, 0.6) is 0 Å². The van der Waals surface area contributed by atoms with Gasteiger partial charge in [-0.2, -0.15) is 0 Å². The van der Waals surface area contributed by atoms with Gasteiger partial charge in [0.2, 0.25) is 0 Å². The van der Waals surface area contributed by atoms with Crippen molar-refractivity contribution in [2.75, 3.05) is 13.1 Å². The topological polar surface area (TPSA) is 12.0 Å². The highest BCUT2D eigenvalue weighted by molar-refractivity contribution is 5.20. The molecular weight excluding hydrogens is 220 g/mol. The van der Waals surface area contributed by atoms with Gasteiger partial charge in [0.15, 0.2) is 0 Å². The van der Waals surface area contributed by atoms with Gasteiger partial charge in [0.1, 0.15) is 11.6 Å². The fraction of sp³-hybridized carbons (Fsp3) is 0.429. The Kier molecular flexibility index (Phi) is 6.48. The zero-order valence-corrected chi connectivity index (χ0v) is 10.2. The van der Waals surface area contributed by atoms with Crippen molar-refractivity contribution in [1.82, 2.24) is 5.32 Å². The van der Waals surface area contributed by atoms with E-state index in [0.29, 0.717) is 12.0 Å². The Morgan fingerprint density at radius 3 is 2.41 bits per heavy atom. The van der Waals surface area contributed by atoms with Crippen molar-refractivity contribution in [3.8, 4) is 0 Å². The van der Waals surface area contributed by atoms with Crippen LogP contribution in [-0.2, 0) is 6.42 Å². The second-order valence-corrected chi connectivity index (χ2v) is 3.99. The average molecular weight is 239 g/mol. The second kappa shape index (κ2) is 7.96. The Labute approximate surface area is 102 Å². The van der Waals surface area contributed by atoms with Crippen LogP contribution >= 0.6 is 0 Å². The molecule has 17 heavy (non-hydrogen) atoms. The number of benzene rings is 1. The van der Waals surface area contributed by atoms with Crippen molar-refractivity contribution in [3.05, 3.63) is 47.5 Å². The zero-order chi connectivity index (χ0) is 12.5. The van der Waals surface area contributed by atoms with Gasteiger partial charge < -0.3 is 5.32 Å². The summed E-state index contributed by atoms with van der Waals surface area (Å²) in [5, 5.41) is 3.28. The highest BCUT2D eigenvalue weighted by atomic mass is 19.1. The maximum atomic E-state index is 12.9. The van der Waals surface area contributed by atoms with Crippen LogP contribution in [0.25, 0.3) is 0 Å². The molecule has 0 radical (unpaired) electrons. The van der Waals surface area contributed by atoms with Crippen LogP contribution in [0.15, 0.2) is 30.4 Å². The van der Waals surface area contributed by atoms with E-state index >= 15 is 0 Å². The number of nitrogens with one attached hydrogen (secondary N) is 1. The van der Waals surface area contributed by atoms with Crippen LogP contribution < -0.4 is 5.32 Å². The van der Waals surface area contributed by atoms with Crippen LogP contribution in [0, 0.1) is 11.6 Å². The quantitative estimate of drug-likeness (QED) is 0.567. The Balaban J connectivity index is 2.27. The van der Waals surface area contributed by atoms with Crippen molar-refractivity contribution in [2.24, 2.45) is 0 Å². The molecule has 1 aromatic rings. The first kappa shape index (κ1) is 13.8. The van der Waals surface area contributed by atoms with Gasteiger partial charge in [0.05, 0.1) is 0 Å². The fourth-order valence-corrected chi connectivity index (χ4v) is 1.55. The average Bonchev–Trinajstić information content (AvgIpc) is 2.26. The van der Waals surface area contributed by atoms with Crippen molar-refractivity contribution in [3.63, 3.8) is 0 Å². The van der Waals surface area contributed by atoms with E-state index in [1.54, 1.807) is 0 Å².